The lowest BCUT2D eigenvalue weighted by Crippen LogP contribution is -2.19. The molecule has 0 bridgehead atoms. The van der Waals surface area contributed by atoms with Crippen LogP contribution in [0.25, 0.3) is 0 Å². The molecule has 0 radical (unpaired) electrons. The van der Waals surface area contributed by atoms with E-state index in [-0.39, 0.29) is 37.9 Å². The maximum Gasteiger partial charge on any atom is 0.341 e. The second kappa shape index (κ2) is 14.1. The first kappa shape index (κ1) is 29.5. The van der Waals surface area contributed by atoms with E-state index >= 15 is 0 Å². The number of ether oxygens (including phenoxy) is 2. The zero-order valence-electron chi connectivity index (χ0n) is 21.8. The van der Waals surface area contributed by atoms with E-state index in [1.165, 1.54) is 22.7 Å². The summed E-state index contributed by atoms with van der Waals surface area (Å²) in [6, 6.07) is 0. The third-order valence-electron chi connectivity index (χ3n) is 5.03. The monoisotopic (exact) mass is 536 g/mol. The fourth-order valence-electron chi connectivity index (χ4n) is 3.61. The molecule has 0 aliphatic rings. The first-order valence-electron chi connectivity index (χ1n) is 12.2. The summed E-state index contributed by atoms with van der Waals surface area (Å²) in [6.45, 7) is 12.1. The van der Waals surface area contributed by atoms with Gasteiger partial charge < -0.3 is 20.1 Å². The minimum atomic E-state index is -0.469. The van der Waals surface area contributed by atoms with E-state index in [1.807, 2.05) is 10.8 Å². The predicted octanol–water partition coefficient (Wildman–Crippen LogP) is 5.92. The lowest BCUT2D eigenvalue weighted by Gasteiger charge is -2.11. The van der Waals surface area contributed by atoms with Crippen molar-refractivity contribution in [1.29, 1.82) is 0 Å². The average molecular weight is 537 g/mol. The molecule has 0 saturated carbocycles. The Bertz CT molecular complexity index is 986. The number of rotatable bonds is 13. The molecule has 2 heterocycles. The minimum Gasteiger partial charge on any atom is -0.462 e. The Kier molecular flexibility index (Phi) is 11.6. The number of hydrogen-bond acceptors (Lipinski definition) is 8. The van der Waals surface area contributed by atoms with Crippen LogP contribution in [0.1, 0.15) is 86.2 Å². The smallest absolute Gasteiger partial charge is 0.341 e. The molecule has 0 unspecified atom stereocenters. The lowest BCUT2D eigenvalue weighted by atomic mass is 10.0. The van der Waals surface area contributed by atoms with Crippen LogP contribution in [0.15, 0.2) is 10.8 Å². The summed E-state index contributed by atoms with van der Waals surface area (Å²) in [5, 5.41) is 10.1. The molecule has 0 aromatic carbocycles. The van der Waals surface area contributed by atoms with E-state index < -0.39 is 11.9 Å². The minimum absolute atomic E-state index is 0.0789. The molecule has 0 atom stereocenters. The predicted molar refractivity (Wildman–Crippen MR) is 144 cm³/mol. The van der Waals surface area contributed by atoms with Crippen molar-refractivity contribution in [3.8, 4) is 0 Å². The van der Waals surface area contributed by atoms with Gasteiger partial charge in [-0.15, -0.1) is 22.7 Å². The van der Waals surface area contributed by atoms with Gasteiger partial charge >= 0.3 is 11.9 Å². The van der Waals surface area contributed by atoms with Crippen molar-refractivity contribution in [1.82, 2.24) is 0 Å². The number of anilines is 2. The molecule has 2 amide bonds. The van der Waals surface area contributed by atoms with Crippen LogP contribution in [0.3, 0.4) is 0 Å². The second-order valence-corrected chi connectivity index (χ2v) is 10.9. The number of amides is 2. The normalized spacial score (nSPS) is 11.0. The van der Waals surface area contributed by atoms with Gasteiger partial charge in [-0.2, -0.15) is 0 Å². The Morgan fingerprint density at radius 3 is 1.39 bits per heavy atom. The summed E-state index contributed by atoms with van der Waals surface area (Å²) >= 11 is 2.54. The number of carbonyl (C=O) groups excluding carboxylic acids is 4. The number of nitrogens with one attached hydrogen (secondary N) is 2. The van der Waals surface area contributed by atoms with Gasteiger partial charge in [-0.25, -0.2) is 9.59 Å². The van der Waals surface area contributed by atoms with Crippen molar-refractivity contribution in [2.75, 3.05) is 23.8 Å². The first-order chi connectivity index (χ1) is 17.1. The highest BCUT2D eigenvalue weighted by Crippen LogP contribution is 2.32. The SMILES string of the molecule is CCOC(=O)c1c(CC(C)C)csc1NC(=O)CCC(=O)Nc1scc(CC(C)C)c1C(=O)OCC. The van der Waals surface area contributed by atoms with Crippen LogP contribution >= 0.6 is 22.7 Å². The molecule has 2 rings (SSSR count). The van der Waals surface area contributed by atoms with E-state index in [0.29, 0.717) is 45.8 Å². The highest BCUT2D eigenvalue weighted by atomic mass is 32.1. The van der Waals surface area contributed by atoms with Crippen molar-refractivity contribution in [3.63, 3.8) is 0 Å². The van der Waals surface area contributed by atoms with Crippen molar-refractivity contribution >= 4 is 56.4 Å². The second-order valence-electron chi connectivity index (χ2n) is 9.16. The highest BCUT2D eigenvalue weighted by Gasteiger charge is 2.24. The van der Waals surface area contributed by atoms with Crippen LogP contribution in [0.4, 0.5) is 10.0 Å². The molecule has 2 aromatic heterocycles. The standard InChI is InChI=1S/C26H36N2O6S2/c1-7-33-25(31)21-17(11-15(3)4)13-35-23(21)27-19(29)9-10-20(30)28-24-22(26(32)34-8-2)18(14-36-24)12-16(5)6/h13-16H,7-12H2,1-6H3,(H,27,29)(H,28,30). The summed E-state index contributed by atoms with van der Waals surface area (Å²) in [5.41, 5.74) is 2.43. The Morgan fingerprint density at radius 1 is 0.722 bits per heavy atom. The van der Waals surface area contributed by atoms with Gasteiger partial charge in [-0.1, -0.05) is 27.7 Å². The number of thiophene rings is 2. The summed E-state index contributed by atoms with van der Waals surface area (Å²) in [4.78, 5) is 50.3. The topological polar surface area (TPSA) is 111 Å². The lowest BCUT2D eigenvalue weighted by molar-refractivity contribution is -0.121. The van der Waals surface area contributed by atoms with Gasteiger partial charge in [0.25, 0.3) is 0 Å². The van der Waals surface area contributed by atoms with Gasteiger partial charge in [-0.05, 0) is 60.4 Å². The van der Waals surface area contributed by atoms with Crippen molar-refractivity contribution < 1.29 is 28.7 Å². The Hall–Kier alpha value is -2.72. The van der Waals surface area contributed by atoms with Crippen molar-refractivity contribution in [2.45, 2.75) is 67.2 Å². The fraction of sp³-hybridized carbons (Fsp3) is 0.538. The first-order valence-corrected chi connectivity index (χ1v) is 14.0. The molecular weight excluding hydrogens is 500 g/mol. The van der Waals surface area contributed by atoms with Gasteiger partial charge in [0.15, 0.2) is 0 Å². The summed E-state index contributed by atoms with van der Waals surface area (Å²) < 4.78 is 10.4. The molecule has 0 fully saturated rings. The summed E-state index contributed by atoms with van der Waals surface area (Å²) in [5.74, 6) is -1.04. The molecule has 0 spiro atoms. The largest absolute Gasteiger partial charge is 0.462 e. The molecule has 2 aromatic rings. The summed E-state index contributed by atoms with van der Waals surface area (Å²) in [7, 11) is 0. The Balaban J connectivity index is 2.06. The van der Waals surface area contributed by atoms with E-state index in [0.717, 1.165) is 11.1 Å². The number of hydrogen-bond donors (Lipinski definition) is 2. The third-order valence-corrected chi connectivity index (χ3v) is 6.92. The zero-order chi connectivity index (χ0) is 26.8. The molecule has 0 aliphatic heterocycles. The average Bonchev–Trinajstić information content (AvgIpc) is 3.35. The Morgan fingerprint density at radius 2 is 1.08 bits per heavy atom. The number of carbonyl (C=O) groups is 4. The maximum absolute atomic E-state index is 12.6. The zero-order valence-corrected chi connectivity index (χ0v) is 23.5. The van der Waals surface area contributed by atoms with Gasteiger partial charge in [0.2, 0.25) is 11.8 Å². The molecule has 10 heteroatoms. The molecule has 0 aliphatic carbocycles. The molecule has 198 valence electrons. The van der Waals surface area contributed by atoms with Gasteiger partial charge in [-0.3, -0.25) is 9.59 Å². The molecular formula is C26H36N2O6S2. The molecule has 36 heavy (non-hydrogen) atoms. The van der Waals surface area contributed by atoms with E-state index in [4.69, 9.17) is 9.47 Å². The fourth-order valence-corrected chi connectivity index (χ4v) is 5.57. The van der Waals surface area contributed by atoms with Gasteiger partial charge in [0.05, 0.1) is 24.3 Å². The van der Waals surface area contributed by atoms with Crippen LogP contribution in [0, 0.1) is 11.8 Å². The van der Waals surface area contributed by atoms with Gasteiger partial charge in [0, 0.05) is 12.8 Å². The Labute approximate surface area is 220 Å². The van der Waals surface area contributed by atoms with E-state index in [9.17, 15) is 19.2 Å². The number of esters is 2. The molecule has 8 nitrogen and oxygen atoms in total. The molecule has 0 saturated heterocycles. The highest BCUT2D eigenvalue weighted by molar-refractivity contribution is 7.15. The van der Waals surface area contributed by atoms with E-state index in [1.54, 1.807) is 13.8 Å². The van der Waals surface area contributed by atoms with Crippen LogP contribution < -0.4 is 10.6 Å². The maximum atomic E-state index is 12.6. The van der Waals surface area contributed by atoms with E-state index in [2.05, 4.69) is 38.3 Å². The van der Waals surface area contributed by atoms with Crippen molar-refractivity contribution in [3.05, 3.63) is 33.0 Å². The van der Waals surface area contributed by atoms with Crippen LogP contribution in [-0.4, -0.2) is 37.0 Å². The van der Waals surface area contributed by atoms with Gasteiger partial charge in [0.1, 0.15) is 10.0 Å². The summed E-state index contributed by atoms with van der Waals surface area (Å²) in [6.07, 6.45) is 1.21. The van der Waals surface area contributed by atoms with Crippen LogP contribution in [-0.2, 0) is 31.9 Å². The van der Waals surface area contributed by atoms with Crippen LogP contribution in [0.2, 0.25) is 0 Å². The molecule has 2 N–H and O–H groups in total. The van der Waals surface area contributed by atoms with Crippen molar-refractivity contribution in [2.24, 2.45) is 11.8 Å². The van der Waals surface area contributed by atoms with Crippen LogP contribution in [0.5, 0.6) is 0 Å². The quantitative estimate of drug-likeness (QED) is 0.308. The third kappa shape index (κ3) is 8.44.